The number of carbonyl (C=O) groups is 1. The van der Waals surface area contributed by atoms with Crippen LogP contribution in [0, 0.1) is 0 Å². The molecule has 0 aliphatic rings. The Hall–Kier alpha value is -1.79. The van der Waals surface area contributed by atoms with Crippen molar-refractivity contribution in [2.45, 2.75) is 6.18 Å². The fraction of sp³-hybridized carbons (Fsp3) is 0.125. The summed E-state index contributed by atoms with van der Waals surface area (Å²) in [4.78, 5) is 10.4. The van der Waals surface area contributed by atoms with Crippen LogP contribution in [0.25, 0.3) is 0 Å². The molecule has 0 saturated heterocycles. The van der Waals surface area contributed by atoms with Crippen LogP contribution in [0.4, 0.5) is 28.1 Å². The van der Waals surface area contributed by atoms with Crippen LogP contribution in [0.3, 0.4) is 0 Å². The first kappa shape index (κ1) is 11.3. The minimum Gasteiger partial charge on any atom is -0.349 e. The Morgan fingerprint density at radius 2 is 1.93 bits per heavy atom. The summed E-state index contributed by atoms with van der Waals surface area (Å²) in [7, 11) is 0. The highest BCUT2D eigenvalue weighted by molar-refractivity contribution is 5.88. The van der Waals surface area contributed by atoms with Gasteiger partial charge in [0.15, 0.2) is 0 Å². The second-order valence-corrected chi connectivity index (χ2v) is 2.67. The van der Waals surface area contributed by atoms with E-state index >= 15 is 0 Å². The Balaban J connectivity index is 3.08. The topological polar surface area (TPSA) is 46.3 Å². The van der Waals surface area contributed by atoms with Gasteiger partial charge in [0.05, 0.1) is 11.3 Å². The third kappa shape index (κ3) is 2.58. The highest BCUT2D eigenvalue weighted by Gasteiger charge is 2.31. The second kappa shape index (κ2) is 3.76. The average Bonchev–Trinajstić information content (AvgIpc) is 2.15. The molecule has 0 saturated carbocycles. The summed E-state index contributed by atoms with van der Waals surface area (Å²) in [6, 6.07) is 1.76. The van der Waals surface area contributed by atoms with Gasteiger partial charge in [-0.1, -0.05) is 10.5 Å². The summed E-state index contributed by atoms with van der Waals surface area (Å²) in [6.07, 6.45) is -4.59. The number of hydrogen-bond acceptors (Lipinski definition) is 1. The number of benzene rings is 1. The maximum Gasteiger partial charge on any atom is 0.416 e. The minimum atomic E-state index is -4.59. The molecule has 0 bridgehead atoms. The number of halogens is 4. The average molecular weight is 222 g/mol. The van der Waals surface area contributed by atoms with E-state index in [2.05, 4.69) is 5.73 Å². The summed E-state index contributed by atoms with van der Waals surface area (Å²) >= 11 is 0. The van der Waals surface area contributed by atoms with Crippen LogP contribution in [-0.2, 0) is 6.18 Å². The van der Waals surface area contributed by atoms with Crippen molar-refractivity contribution in [2.24, 2.45) is 5.73 Å². The predicted molar refractivity (Wildman–Crippen MR) is 44.6 cm³/mol. The molecule has 0 fully saturated rings. The maximum absolute atomic E-state index is 12.8. The normalized spacial score (nSPS) is 11.2. The molecule has 0 unspecified atom stereocenters. The van der Waals surface area contributed by atoms with E-state index in [0.29, 0.717) is 6.07 Å². The lowest BCUT2D eigenvalue weighted by molar-refractivity contribution is -0.137. The van der Waals surface area contributed by atoms with Gasteiger partial charge in [-0.25, -0.2) is 4.79 Å². The molecule has 0 aliphatic heterocycles. The Labute approximate surface area is 82.0 Å². The van der Waals surface area contributed by atoms with E-state index in [1.807, 2.05) is 0 Å². The highest BCUT2D eigenvalue weighted by atomic mass is 19.4. The summed E-state index contributed by atoms with van der Waals surface area (Å²) in [5.41, 5.74) is 2.95. The van der Waals surface area contributed by atoms with Gasteiger partial charge in [0.2, 0.25) is 0 Å². The third-order valence-corrected chi connectivity index (χ3v) is 1.59. The number of carbonyl (C=O) groups excluding carboxylic acids is 1. The quantitative estimate of drug-likeness (QED) is 0.575. The monoisotopic (exact) mass is 222 g/mol. The van der Waals surface area contributed by atoms with Gasteiger partial charge >= 0.3 is 12.2 Å². The SMILES string of the molecule is NC(=O)N(F)c1cccc(C(F)(F)F)c1. The predicted octanol–water partition coefficient (Wildman–Crippen LogP) is 2.48. The molecule has 0 atom stereocenters. The first-order valence-corrected chi connectivity index (χ1v) is 3.75. The van der Waals surface area contributed by atoms with Crippen molar-refractivity contribution in [1.29, 1.82) is 0 Å². The van der Waals surface area contributed by atoms with Gasteiger partial charge in [-0.3, -0.25) is 0 Å². The molecule has 2 amide bonds. The number of primary amides is 1. The van der Waals surface area contributed by atoms with Gasteiger partial charge in [0.1, 0.15) is 0 Å². The van der Waals surface area contributed by atoms with Crippen LogP contribution < -0.4 is 10.9 Å². The van der Waals surface area contributed by atoms with Crippen LogP contribution in [0.5, 0.6) is 0 Å². The van der Waals surface area contributed by atoms with Crippen molar-refractivity contribution >= 4 is 11.7 Å². The van der Waals surface area contributed by atoms with Crippen LogP contribution in [0.15, 0.2) is 24.3 Å². The summed E-state index contributed by atoms with van der Waals surface area (Å²) < 4.78 is 49.3. The van der Waals surface area contributed by atoms with Crippen LogP contribution in [0.1, 0.15) is 5.56 Å². The standard InChI is InChI=1S/C8H6F4N2O/c9-8(10,11)5-2-1-3-6(4-5)14(12)7(13)15/h1-4H,(H2,13,15). The molecule has 0 spiro atoms. The number of nitrogens with zero attached hydrogens (tertiary/aromatic N) is 1. The zero-order chi connectivity index (χ0) is 11.6. The Morgan fingerprint density at radius 3 is 2.40 bits per heavy atom. The molecule has 3 nitrogen and oxygen atoms in total. The van der Waals surface area contributed by atoms with Crippen molar-refractivity contribution in [1.82, 2.24) is 0 Å². The first-order chi connectivity index (χ1) is 6.82. The number of urea groups is 1. The molecular weight excluding hydrogens is 216 g/mol. The third-order valence-electron chi connectivity index (χ3n) is 1.59. The molecular formula is C8H6F4N2O. The molecule has 2 N–H and O–H groups in total. The Morgan fingerprint density at radius 1 is 1.33 bits per heavy atom. The molecule has 82 valence electrons. The highest BCUT2D eigenvalue weighted by Crippen LogP contribution is 2.31. The Kier molecular flexibility index (Phi) is 2.83. The summed E-state index contributed by atoms with van der Waals surface area (Å²) in [5.74, 6) is 0. The number of alkyl halides is 3. The van der Waals surface area contributed by atoms with E-state index in [1.54, 1.807) is 0 Å². The van der Waals surface area contributed by atoms with E-state index in [-0.39, 0.29) is 0 Å². The molecule has 15 heavy (non-hydrogen) atoms. The first-order valence-electron chi connectivity index (χ1n) is 3.75. The van der Waals surface area contributed by atoms with E-state index in [1.165, 1.54) is 0 Å². The molecule has 1 aromatic rings. The smallest absolute Gasteiger partial charge is 0.349 e. The fourth-order valence-electron chi connectivity index (χ4n) is 0.932. The number of anilines is 1. The molecule has 0 radical (unpaired) electrons. The summed E-state index contributed by atoms with van der Waals surface area (Å²) in [6.45, 7) is 0. The lowest BCUT2D eigenvalue weighted by Crippen LogP contribution is -2.28. The van der Waals surface area contributed by atoms with E-state index in [4.69, 9.17) is 0 Å². The number of rotatable bonds is 1. The minimum absolute atomic E-state index is 0.491. The van der Waals surface area contributed by atoms with Crippen molar-refractivity contribution in [3.8, 4) is 0 Å². The van der Waals surface area contributed by atoms with Gasteiger partial charge in [0, 0.05) is 0 Å². The van der Waals surface area contributed by atoms with Crippen molar-refractivity contribution in [2.75, 3.05) is 5.12 Å². The second-order valence-electron chi connectivity index (χ2n) is 2.67. The lowest BCUT2D eigenvalue weighted by Gasteiger charge is -2.11. The molecule has 0 aliphatic carbocycles. The molecule has 1 rings (SSSR count). The van der Waals surface area contributed by atoms with Crippen LogP contribution >= 0.6 is 0 Å². The molecule has 0 aromatic heterocycles. The van der Waals surface area contributed by atoms with Gasteiger partial charge in [-0.2, -0.15) is 13.2 Å². The van der Waals surface area contributed by atoms with Gasteiger partial charge < -0.3 is 5.73 Å². The molecule has 7 heteroatoms. The van der Waals surface area contributed by atoms with Crippen molar-refractivity contribution in [3.63, 3.8) is 0 Å². The zero-order valence-electron chi connectivity index (χ0n) is 7.25. The van der Waals surface area contributed by atoms with Gasteiger partial charge in [-0.05, 0) is 18.2 Å². The van der Waals surface area contributed by atoms with Gasteiger partial charge in [-0.15, -0.1) is 5.12 Å². The Bertz CT molecular complexity index is 377. The van der Waals surface area contributed by atoms with Crippen molar-refractivity contribution in [3.05, 3.63) is 29.8 Å². The number of nitrogens with two attached hydrogens (primary N) is 1. The van der Waals surface area contributed by atoms with Crippen LogP contribution in [0.2, 0.25) is 0 Å². The largest absolute Gasteiger partial charge is 0.416 e. The fourth-order valence-corrected chi connectivity index (χ4v) is 0.932. The lowest BCUT2D eigenvalue weighted by atomic mass is 10.2. The summed E-state index contributed by atoms with van der Waals surface area (Å²) in [5, 5.41) is -0.560. The number of hydrogen-bond donors (Lipinski definition) is 1. The van der Waals surface area contributed by atoms with E-state index in [9.17, 15) is 22.4 Å². The maximum atomic E-state index is 12.8. The molecule has 1 aromatic carbocycles. The van der Waals surface area contributed by atoms with Crippen molar-refractivity contribution < 1.29 is 22.4 Å². The van der Waals surface area contributed by atoms with E-state index in [0.717, 1.165) is 18.2 Å². The van der Waals surface area contributed by atoms with E-state index < -0.39 is 28.6 Å². The zero-order valence-corrected chi connectivity index (χ0v) is 7.25. The molecule has 0 heterocycles. The number of amides is 2. The van der Waals surface area contributed by atoms with Gasteiger partial charge in [0.25, 0.3) is 0 Å². The van der Waals surface area contributed by atoms with Crippen LogP contribution in [-0.4, -0.2) is 6.03 Å².